The van der Waals surface area contributed by atoms with Gasteiger partial charge in [0.15, 0.2) is 11.0 Å². The van der Waals surface area contributed by atoms with Gasteiger partial charge in [-0.3, -0.25) is 9.36 Å². The summed E-state index contributed by atoms with van der Waals surface area (Å²) in [5.41, 5.74) is 5.01. The Morgan fingerprint density at radius 3 is 2.65 bits per heavy atom. The molecule has 0 amide bonds. The molecule has 2 aromatic heterocycles. The van der Waals surface area contributed by atoms with Crippen LogP contribution < -0.4 is 0 Å². The number of pyridine rings is 1. The lowest BCUT2D eigenvalue weighted by atomic mass is 10.0. The van der Waals surface area contributed by atoms with Crippen LogP contribution in [0.15, 0.2) is 72.4 Å². The van der Waals surface area contributed by atoms with Crippen LogP contribution in [0.4, 0.5) is 0 Å². The molecule has 4 aromatic rings. The summed E-state index contributed by atoms with van der Waals surface area (Å²) in [7, 11) is 0. The number of aryl methyl sites for hydroxylation is 1. The number of fused-ring (bicyclic) bond motifs is 1. The largest absolute Gasteiger partial charge is 0.299 e. The molecule has 0 saturated carbocycles. The molecule has 0 spiro atoms. The predicted molar refractivity (Wildman–Crippen MR) is 127 cm³/mol. The average molecular weight is 429 g/mol. The second kappa shape index (κ2) is 9.27. The van der Waals surface area contributed by atoms with Gasteiger partial charge in [-0.2, -0.15) is 0 Å². The highest BCUT2D eigenvalue weighted by Gasteiger charge is 2.18. The van der Waals surface area contributed by atoms with Gasteiger partial charge in [0, 0.05) is 29.5 Å². The molecule has 5 nitrogen and oxygen atoms in total. The molecule has 156 valence electrons. The maximum Gasteiger partial charge on any atom is 0.192 e. The predicted octanol–water partition coefficient (Wildman–Crippen LogP) is 5.73. The fourth-order valence-electron chi connectivity index (χ4n) is 3.37. The first-order valence-electron chi connectivity index (χ1n) is 10.3. The van der Waals surface area contributed by atoms with E-state index in [1.165, 1.54) is 17.3 Å². The minimum Gasteiger partial charge on any atom is -0.299 e. The molecule has 0 aliphatic rings. The van der Waals surface area contributed by atoms with Crippen molar-refractivity contribution in [3.8, 4) is 22.6 Å². The zero-order valence-electron chi connectivity index (χ0n) is 17.7. The van der Waals surface area contributed by atoms with Crippen molar-refractivity contribution >= 4 is 28.4 Å². The number of ketones is 1. The SMILES string of the molecule is C=CCn1c(SCC(=O)CC)nnc1-c1cc(-c2ccc(C)cc2)nc2ccccc12. The van der Waals surface area contributed by atoms with Crippen LogP contribution in [0.5, 0.6) is 0 Å². The Bertz CT molecular complexity index is 1240. The molecule has 0 unspecified atom stereocenters. The number of para-hydroxylation sites is 1. The number of Topliss-reactive ketones (excluding diaryl/α,β-unsaturated/α-hetero) is 1. The number of carbonyl (C=O) groups is 1. The van der Waals surface area contributed by atoms with E-state index in [2.05, 4.69) is 60.1 Å². The van der Waals surface area contributed by atoms with Gasteiger partial charge in [0.1, 0.15) is 5.78 Å². The minimum absolute atomic E-state index is 0.190. The normalized spacial score (nSPS) is 11.0. The van der Waals surface area contributed by atoms with Gasteiger partial charge in [-0.15, -0.1) is 16.8 Å². The number of carbonyl (C=O) groups excluding carboxylic acids is 1. The van der Waals surface area contributed by atoms with Gasteiger partial charge in [0.2, 0.25) is 0 Å². The monoisotopic (exact) mass is 428 g/mol. The number of rotatable bonds is 8. The molecule has 4 rings (SSSR count). The van der Waals surface area contributed by atoms with Crippen LogP contribution in [0.1, 0.15) is 18.9 Å². The average Bonchev–Trinajstić information content (AvgIpc) is 3.19. The Morgan fingerprint density at radius 1 is 1.13 bits per heavy atom. The zero-order valence-corrected chi connectivity index (χ0v) is 18.5. The molecule has 2 heterocycles. The zero-order chi connectivity index (χ0) is 21.8. The lowest BCUT2D eigenvalue weighted by molar-refractivity contribution is -0.116. The molecule has 0 N–H and O–H groups in total. The number of benzene rings is 2. The smallest absolute Gasteiger partial charge is 0.192 e. The molecule has 0 radical (unpaired) electrons. The van der Waals surface area contributed by atoms with Gasteiger partial charge >= 0.3 is 0 Å². The molecule has 0 bridgehead atoms. The first kappa shape index (κ1) is 21.0. The van der Waals surface area contributed by atoms with Crippen molar-refractivity contribution in [1.29, 1.82) is 0 Å². The van der Waals surface area contributed by atoms with Crippen LogP contribution in [0.2, 0.25) is 0 Å². The van der Waals surface area contributed by atoms with E-state index in [4.69, 9.17) is 4.98 Å². The number of aromatic nitrogens is 4. The van der Waals surface area contributed by atoms with E-state index in [1.807, 2.05) is 35.8 Å². The third kappa shape index (κ3) is 4.44. The van der Waals surface area contributed by atoms with Crippen molar-refractivity contribution in [3.05, 3.63) is 72.8 Å². The Morgan fingerprint density at radius 2 is 1.90 bits per heavy atom. The lowest BCUT2D eigenvalue weighted by Gasteiger charge is -2.12. The summed E-state index contributed by atoms with van der Waals surface area (Å²) >= 11 is 1.42. The van der Waals surface area contributed by atoms with E-state index in [0.29, 0.717) is 18.7 Å². The highest BCUT2D eigenvalue weighted by molar-refractivity contribution is 7.99. The molecule has 6 heteroatoms. The summed E-state index contributed by atoms with van der Waals surface area (Å²) in [6, 6.07) is 18.5. The summed E-state index contributed by atoms with van der Waals surface area (Å²) in [5, 5.41) is 10.6. The number of nitrogens with zero attached hydrogens (tertiary/aromatic N) is 4. The third-order valence-corrected chi connectivity index (χ3v) is 6.12. The van der Waals surface area contributed by atoms with Crippen LogP contribution in [-0.2, 0) is 11.3 Å². The highest BCUT2D eigenvalue weighted by atomic mass is 32.2. The summed E-state index contributed by atoms with van der Waals surface area (Å²) in [4.78, 5) is 16.7. The van der Waals surface area contributed by atoms with E-state index >= 15 is 0 Å². The molecule has 0 aliphatic carbocycles. The maximum atomic E-state index is 11.8. The summed E-state index contributed by atoms with van der Waals surface area (Å²) in [6.45, 7) is 8.40. The molecular formula is C25H24N4OS. The van der Waals surface area contributed by atoms with E-state index in [9.17, 15) is 4.79 Å². The quantitative estimate of drug-likeness (QED) is 0.265. The van der Waals surface area contributed by atoms with Crippen LogP contribution in [-0.4, -0.2) is 31.3 Å². The first-order valence-corrected chi connectivity index (χ1v) is 11.2. The van der Waals surface area contributed by atoms with Crippen molar-refractivity contribution in [2.24, 2.45) is 0 Å². The number of hydrogen-bond acceptors (Lipinski definition) is 5. The Balaban J connectivity index is 1.87. The Hall–Kier alpha value is -3.25. The second-order valence-corrected chi connectivity index (χ2v) is 8.27. The van der Waals surface area contributed by atoms with Gasteiger partial charge in [-0.05, 0) is 19.1 Å². The van der Waals surface area contributed by atoms with Crippen molar-refractivity contribution in [2.75, 3.05) is 5.75 Å². The fraction of sp³-hybridized carbons (Fsp3) is 0.200. The summed E-state index contributed by atoms with van der Waals surface area (Å²) in [6.07, 6.45) is 2.34. The number of thioether (sulfide) groups is 1. The standard InChI is InChI=1S/C25H24N4OS/c1-4-14-29-24(27-28-25(29)31-16-19(30)5-2)21-15-23(18-12-10-17(3)11-13-18)26-22-9-7-6-8-20(21)22/h4,6-13,15H,1,5,14,16H2,2-3H3. The Labute approximate surface area is 186 Å². The van der Waals surface area contributed by atoms with Gasteiger partial charge in [-0.1, -0.05) is 72.8 Å². The minimum atomic E-state index is 0.190. The Kier molecular flexibility index (Phi) is 6.28. The van der Waals surface area contributed by atoms with Crippen molar-refractivity contribution < 1.29 is 4.79 Å². The van der Waals surface area contributed by atoms with Crippen LogP contribution in [0, 0.1) is 6.92 Å². The third-order valence-electron chi connectivity index (χ3n) is 5.09. The van der Waals surface area contributed by atoms with Crippen LogP contribution >= 0.6 is 11.8 Å². The fourth-order valence-corrected chi connectivity index (χ4v) is 4.28. The molecule has 0 aliphatic heterocycles. The van der Waals surface area contributed by atoms with Gasteiger partial charge < -0.3 is 0 Å². The van der Waals surface area contributed by atoms with E-state index in [-0.39, 0.29) is 5.78 Å². The van der Waals surface area contributed by atoms with Gasteiger partial charge in [0.25, 0.3) is 0 Å². The summed E-state index contributed by atoms with van der Waals surface area (Å²) < 4.78 is 2.02. The van der Waals surface area contributed by atoms with E-state index < -0.39 is 0 Å². The van der Waals surface area contributed by atoms with E-state index in [0.717, 1.165) is 38.7 Å². The van der Waals surface area contributed by atoms with Crippen molar-refractivity contribution in [3.63, 3.8) is 0 Å². The van der Waals surface area contributed by atoms with Gasteiger partial charge in [-0.25, -0.2) is 4.98 Å². The molecule has 31 heavy (non-hydrogen) atoms. The molecule has 0 fully saturated rings. The van der Waals surface area contributed by atoms with Gasteiger partial charge in [0.05, 0.1) is 17.0 Å². The van der Waals surface area contributed by atoms with Crippen molar-refractivity contribution in [1.82, 2.24) is 19.7 Å². The molecule has 0 atom stereocenters. The lowest BCUT2D eigenvalue weighted by Crippen LogP contribution is -2.04. The number of allylic oxidation sites excluding steroid dienone is 1. The maximum absolute atomic E-state index is 11.8. The second-order valence-electron chi connectivity index (χ2n) is 7.32. The first-order chi connectivity index (χ1) is 15.1. The topological polar surface area (TPSA) is 60.7 Å². The molecule has 0 saturated heterocycles. The number of hydrogen-bond donors (Lipinski definition) is 0. The van der Waals surface area contributed by atoms with Crippen LogP contribution in [0.25, 0.3) is 33.5 Å². The molecular weight excluding hydrogens is 404 g/mol. The summed E-state index contributed by atoms with van der Waals surface area (Å²) in [5.74, 6) is 1.33. The van der Waals surface area contributed by atoms with Crippen molar-refractivity contribution in [2.45, 2.75) is 32.0 Å². The van der Waals surface area contributed by atoms with Crippen LogP contribution in [0.3, 0.4) is 0 Å². The van der Waals surface area contributed by atoms with E-state index in [1.54, 1.807) is 0 Å². The molecule has 2 aromatic carbocycles. The highest BCUT2D eigenvalue weighted by Crippen LogP contribution is 2.33.